The minimum atomic E-state index is -1.19. The number of hydrogen-bond acceptors (Lipinski definition) is 14. The predicted molar refractivity (Wildman–Crippen MR) is 299 cm³/mol. The van der Waals surface area contributed by atoms with Gasteiger partial charge in [-0.3, -0.25) is 38.8 Å². The molecule has 4 heterocycles. The maximum atomic E-state index is 14.1. The first-order valence-electron chi connectivity index (χ1n) is 26.7. The molecular weight excluding hydrogens is 1030 g/mol. The highest BCUT2D eigenvalue weighted by Gasteiger charge is 2.56. The molecule has 6 aromatic rings. The average Bonchev–Trinajstić information content (AvgIpc) is 4.17. The molecular formula is C59H68FN9O9S. The lowest BCUT2D eigenvalue weighted by Gasteiger charge is -2.36. The van der Waals surface area contributed by atoms with Crippen LogP contribution in [0, 0.1) is 16.6 Å². The van der Waals surface area contributed by atoms with Crippen LogP contribution in [0.4, 0.5) is 15.8 Å². The Labute approximate surface area is 463 Å². The van der Waals surface area contributed by atoms with E-state index in [9.17, 15) is 33.5 Å². The molecule has 79 heavy (non-hydrogen) atoms. The van der Waals surface area contributed by atoms with Crippen molar-refractivity contribution in [3.63, 3.8) is 0 Å². The van der Waals surface area contributed by atoms with Crippen LogP contribution in [0.3, 0.4) is 0 Å². The number of pyridine rings is 1. The van der Waals surface area contributed by atoms with E-state index in [1.165, 1.54) is 29.2 Å². The van der Waals surface area contributed by atoms with E-state index in [1.54, 1.807) is 60.5 Å². The lowest BCUT2D eigenvalue weighted by molar-refractivity contribution is -0.144. The molecule has 0 unspecified atom stereocenters. The second-order valence-corrected chi connectivity index (χ2v) is 22.4. The smallest absolute Gasteiger partial charge is 0.246 e. The van der Waals surface area contributed by atoms with Gasteiger partial charge >= 0.3 is 0 Å². The van der Waals surface area contributed by atoms with Crippen molar-refractivity contribution in [3.05, 3.63) is 126 Å². The van der Waals surface area contributed by atoms with E-state index < -0.39 is 46.6 Å². The molecule has 2 saturated heterocycles. The van der Waals surface area contributed by atoms with Crippen molar-refractivity contribution in [2.75, 3.05) is 70.2 Å². The molecule has 5 N–H and O–H groups in total. The van der Waals surface area contributed by atoms with Crippen LogP contribution in [0.1, 0.15) is 64.0 Å². The van der Waals surface area contributed by atoms with E-state index in [4.69, 9.17) is 14.2 Å². The Bertz CT molecular complexity index is 3090. The number of halogens is 1. The number of piperazine rings is 1. The third-order valence-corrected chi connectivity index (χ3v) is 15.6. The van der Waals surface area contributed by atoms with Crippen molar-refractivity contribution in [2.24, 2.45) is 10.8 Å². The van der Waals surface area contributed by atoms with E-state index in [-0.39, 0.29) is 43.7 Å². The van der Waals surface area contributed by atoms with Crippen LogP contribution in [0.2, 0.25) is 0 Å². The van der Waals surface area contributed by atoms with Crippen LogP contribution in [0.25, 0.3) is 21.3 Å². The second-order valence-electron chi connectivity index (χ2n) is 21.5. The van der Waals surface area contributed by atoms with Crippen molar-refractivity contribution < 1.29 is 47.7 Å². The first-order chi connectivity index (χ1) is 38.0. The Hall–Kier alpha value is -7.36. The summed E-state index contributed by atoms with van der Waals surface area (Å²) < 4.78 is 31.6. The number of carbonyl (C=O) groups is 5. The number of β-amino-alcohol motifs (C(OH)–C–C–N with tert-alkyl or cyclic N) is 1. The second kappa shape index (κ2) is 25.2. The Morgan fingerprint density at radius 2 is 1.53 bits per heavy atom. The summed E-state index contributed by atoms with van der Waals surface area (Å²) in [6, 6.07) is 24.0. The van der Waals surface area contributed by atoms with Crippen LogP contribution in [0.5, 0.6) is 17.2 Å². The fourth-order valence-corrected chi connectivity index (χ4v) is 10.5. The fraction of sp³-hybridized carbons (Fsp3) is 0.407. The molecule has 416 valence electrons. The number of likely N-dealkylation sites (tertiary alicyclic amines) is 1. The van der Waals surface area contributed by atoms with Gasteiger partial charge in [0.2, 0.25) is 29.5 Å². The van der Waals surface area contributed by atoms with Gasteiger partial charge in [0.25, 0.3) is 0 Å². The third-order valence-electron chi connectivity index (χ3n) is 14.7. The lowest BCUT2D eigenvalue weighted by Crippen LogP contribution is -2.57. The molecule has 1 aliphatic carbocycles. The van der Waals surface area contributed by atoms with Crippen molar-refractivity contribution in [1.29, 1.82) is 0 Å². The largest absolute Gasteiger partial charge is 0.496 e. The highest BCUT2D eigenvalue weighted by atomic mass is 32.1. The first-order valence-corrected chi connectivity index (χ1v) is 27.6. The number of ether oxygens (including phenoxy) is 3. The number of anilines is 2. The summed E-state index contributed by atoms with van der Waals surface area (Å²) >= 11 is 1.55. The topological polar surface area (TPSA) is 217 Å². The van der Waals surface area contributed by atoms with Crippen LogP contribution < -0.4 is 30.7 Å². The standard InChI is InChI=1S/C59H68FN9O9S/c1-58(2,3)53(55(73)69-35-44(70)31-48(69)54(72)63-33-38-7-9-39(10-8-38)51-34-61-37-79-51)66-52(71)6-5-23-67-24-26-68(27-25-67)28-29-77-36-40-30-47-46(32-50(40)76-4)49(19-22-62-47)78-45-17-15-43(16-18-45)65-57(75)59(20-21-59)56(74)64-42-13-11-41(60)12-14-42/h7-19,22,30,32,34,37,44,48,53,70H,5-6,20-21,23-29,31,33,35-36H2,1-4H3,(H,63,72)(H,64,74)(H,65,75)(H,66,71)/t44-,48+,53-/m1/s1. The number of fused-ring (bicyclic) bond motifs is 1. The van der Waals surface area contributed by atoms with Crippen LogP contribution in [-0.2, 0) is 41.9 Å². The van der Waals surface area contributed by atoms with E-state index in [0.29, 0.717) is 66.6 Å². The van der Waals surface area contributed by atoms with Crippen molar-refractivity contribution in [1.82, 2.24) is 35.3 Å². The number of aromatic nitrogens is 2. The van der Waals surface area contributed by atoms with Gasteiger partial charge in [-0.1, -0.05) is 45.0 Å². The predicted octanol–water partition coefficient (Wildman–Crippen LogP) is 7.38. The van der Waals surface area contributed by atoms with Crippen molar-refractivity contribution in [3.8, 4) is 27.7 Å². The van der Waals surface area contributed by atoms with Gasteiger partial charge in [-0.15, -0.1) is 11.3 Å². The molecule has 9 rings (SSSR count). The number of benzene rings is 4. The number of nitrogens with zero attached hydrogens (tertiary/aromatic N) is 5. The number of thiazole rings is 1. The van der Waals surface area contributed by atoms with Gasteiger partial charge in [0, 0.05) is 93.4 Å². The maximum absolute atomic E-state index is 14.1. The fourth-order valence-electron chi connectivity index (χ4n) is 9.91. The zero-order chi connectivity index (χ0) is 55.7. The number of carbonyl (C=O) groups excluding carboxylic acids is 5. The summed E-state index contributed by atoms with van der Waals surface area (Å²) in [5.41, 5.74) is 4.35. The molecule has 5 amide bonds. The highest BCUT2D eigenvalue weighted by molar-refractivity contribution is 7.13. The van der Waals surface area contributed by atoms with Crippen LogP contribution >= 0.6 is 11.3 Å². The average molecular weight is 1100 g/mol. The van der Waals surface area contributed by atoms with Crippen molar-refractivity contribution >= 4 is 63.2 Å². The third kappa shape index (κ3) is 14.3. The molecule has 0 bridgehead atoms. The number of methoxy groups -OCH3 is 1. The highest BCUT2D eigenvalue weighted by Crippen LogP contribution is 2.48. The molecule has 20 heteroatoms. The zero-order valence-corrected chi connectivity index (χ0v) is 45.8. The summed E-state index contributed by atoms with van der Waals surface area (Å²) in [5, 5.41) is 22.9. The molecule has 2 aromatic heterocycles. The normalized spacial score (nSPS) is 17.7. The number of aliphatic hydroxyl groups excluding tert-OH is 1. The summed E-state index contributed by atoms with van der Waals surface area (Å²) in [5.74, 6) is -0.504. The lowest BCUT2D eigenvalue weighted by atomic mass is 9.85. The monoisotopic (exact) mass is 1100 g/mol. The summed E-state index contributed by atoms with van der Waals surface area (Å²) in [6.45, 7) is 11.7. The molecule has 4 aromatic carbocycles. The number of hydrogen-bond donors (Lipinski definition) is 5. The van der Waals surface area contributed by atoms with Crippen LogP contribution in [0.15, 0.2) is 109 Å². The molecule has 0 spiro atoms. The summed E-state index contributed by atoms with van der Waals surface area (Å²) in [7, 11) is 1.61. The van der Waals surface area contributed by atoms with Gasteiger partial charge in [0.05, 0.1) is 42.3 Å². The Balaban J connectivity index is 0.681. The number of amides is 5. The maximum Gasteiger partial charge on any atom is 0.246 e. The van der Waals surface area contributed by atoms with Gasteiger partial charge in [-0.05, 0) is 109 Å². The Kier molecular flexibility index (Phi) is 18.0. The SMILES string of the molecule is COc1cc2c(Oc3ccc(NC(=O)C4(C(=O)Nc5ccc(F)cc5)CC4)cc3)ccnc2cc1COCCN1CCN(CCCC(=O)N[C@H](C(=O)N2C[C@H](O)C[C@H]2C(=O)NCc2ccc(-c3cncs3)cc2)C(C)(C)C)CC1. The molecule has 3 atom stereocenters. The van der Waals surface area contributed by atoms with Gasteiger partial charge in [0.15, 0.2) is 0 Å². The quantitative estimate of drug-likeness (QED) is 0.0332. The molecule has 0 radical (unpaired) electrons. The summed E-state index contributed by atoms with van der Waals surface area (Å²) in [6.07, 6.45) is 4.43. The van der Waals surface area contributed by atoms with Gasteiger partial charge in [-0.25, -0.2) is 4.39 Å². The molecule has 3 fully saturated rings. The molecule has 1 saturated carbocycles. The first kappa shape index (κ1) is 56.4. The van der Waals surface area contributed by atoms with Gasteiger partial charge in [0.1, 0.15) is 40.6 Å². The minimum absolute atomic E-state index is 0.0124. The number of rotatable bonds is 22. The Morgan fingerprint density at radius 3 is 2.16 bits per heavy atom. The minimum Gasteiger partial charge on any atom is -0.496 e. The van der Waals surface area contributed by atoms with Crippen LogP contribution in [-0.4, -0.2) is 137 Å². The van der Waals surface area contributed by atoms with E-state index in [2.05, 4.69) is 41.0 Å². The van der Waals surface area contributed by atoms with E-state index in [1.807, 2.05) is 63.4 Å². The van der Waals surface area contributed by atoms with E-state index in [0.717, 1.165) is 66.2 Å². The zero-order valence-electron chi connectivity index (χ0n) is 45.0. The molecule has 2 aliphatic heterocycles. The van der Waals surface area contributed by atoms with Gasteiger partial charge in [-0.2, -0.15) is 0 Å². The van der Waals surface area contributed by atoms with Crippen molar-refractivity contribution in [2.45, 2.75) is 84.2 Å². The van der Waals surface area contributed by atoms with E-state index >= 15 is 0 Å². The molecule has 18 nitrogen and oxygen atoms in total. The molecule has 3 aliphatic rings. The number of nitrogens with one attached hydrogen (secondary N) is 4. The Morgan fingerprint density at radius 1 is 0.861 bits per heavy atom. The summed E-state index contributed by atoms with van der Waals surface area (Å²) in [4.78, 5) is 83.2. The van der Waals surface area contributed by atoms with Gasteiger partial charge < -0.3 is 50.4 Å². The number of aliphatic hydroxyl groups is 1.